The quantitative estimate of drug-likeness (QED) is 0.566. The predicted octanol–water partition coefficient (Wildman–Crippen LogP) is 2.13. The molecule has 29 heavy (non-hydrogen) atoms. The summed E-state index contributed by atoms with van der Waals surface area (Å²) < 4.78 is 14.1. The Morgan fingerprint density at radius 2 is 1.86 bits per heavy atom. The van der Waals surface area contributed by atoms with E-state index in [0.717, 1.165) is 27.9 Å². The Morgan fingerprint density at radius 3 is 2.59 bits per heavy atom. The van der Waals surface area contributed by atoms with Crippen molar-refractivity contribution in [3.8, 4) is 0 Å². The first-order valence-electron chi connectivity index (χ1n) is 9.07. The zero-order valence-electron chi connectivity index (χ0n) is 15.9. The molecule has 0 unspecified atom stereocenters. The van der Waals surface area contributed by atoms with Crippen molar-refractivity contribution in [3.05, 3.63) is 71.2 Å². The molecular weight excluding hydrogens is 375 g/mol. The SMILES string of the molecule is CCc1ccccc1NC(=O)Cn1nnc(C(=O)NCc2ccc(F)cc2)c1N. The van der Waals surface area contributed by atoms with Gasteiger partial charge in [-0.05, 0) is 35.7 Å². The van der Waals surface area contributed by atoms with E-state index >= 15 is 0 Å². The fourth-order valence-corrected chi connectivity index (χ4v) is 2.74. The minimum atomic E-state index is -0.533. The number of para-hydroxylation sites is 1. The first kappa shape index (κ1) is 20.0. The number of hydrogen-bond donors (Lipinski definition) is 3. The van der Waals surface area contributed by atoms with Crippen LogP contribution in [0.25, 0.3) is 0 Å². The van der Waals surface area contributed by atoms with Gasteiger partial charge in [-0.1, -0.05) is 42.5 Å². The maximum atomic E-state index is 12.9. The second-order valence-electron chi connectivity index (χ2n) is 6.35. The van der Waals surface area contributed by atoms with Crippen molar-refractivity contribution < 1.29 is 14.0 Å². The summed E-state index contributed by atoms with van der Waals surface area (Å²) in [4.78, 5) is 24.6. The van der Waals surface area contributed by atoms with Crippen LogP contribution in [0.4, 0.5) is 15.9 Å². The molecule has 1 heterocycles. The van der Waals surface area contributed by atoms with Crippen molar-refractivity contribution in [2.24, 2.45) is 0 Å². The number of nitrogen functional groups attached to an aromatic ring is 1. The van der Waals surface area contributed by atoms with E-state index in [0.29, 0.717) is 0 Å². The molecular formula is C20H21FN6O2. The summed E-state index contributed by atoms with van der Waals surface area (Å²) in [6.07, 6.45) is 0.778. The molecule has 0 saturated carbocycles. The van der Waals surface area contributed by atoms with E-state index in [1.807, 2.05) is 31.2 Å². The van der Waals surface area contributed by atoms with Crippen molar-refractivity contribution in [3.63, 3.8) is 0 Å². The number of benzene rings is 2. The third-order valence-electron chi connectivity index (χ3n) is 4.32. The molecule has 4 N–H and O–H groups in total. The van der Waals surface area contributed by atoms with Gasteiger partial charge in [0.15, 0.2) is 11.5 Å². The smallest absolute Gasteiger partial charge is 0.275 e. The second-order valence-corrected chi connectivity index (χ2v) is 6.35. The van der Waals surface area contributed by atoms with E-state index in [4.69, 9.17) is 5.73 Å². The van der Waals surface area contributed by atoms with E-state index < -0.39 is 5.91 Å². The average molecular weight is 396 g/mol. The van der Waals surface area contributed by atoms with Crippen LogP contribution < -0.4 is 16.4 Å². The van der Waals surface area contributed by atoms with Crippen LogP contribution in [0.1, 0.15) is 28.5 Å². The molecule has 9 heteroatoms. The third kappa shape index (κ3) is 4.95. The Hall–Kier alpha value is -3.75. The largest absolute Gasteiger partial charge is 0.382 e. The molecule has 0 atom stereocenters. The lowest BCUT2D eigenvalue weighted by atomic mass is 10.1. The number of amides is 2. The highest BCUT2D eigenvalue weighted by atomic mass is 19.1. The Morgan fingerprint density at radius 1 is 1.14 bits per heavy atom. The summed E-state index contributed by atoms with van der Waals surface area (Å²) in [5.74, 6) is -1.23. The summed E-state index contributed by atoms with van der Waals surface area (Å²) in [5, 5.41) is 13.0. The van der Waals surface area contributed by atoms with Crippen LogP contribution in [0.5, 0.6) is 0 Å². The zero-order valence-corrected chi connectivity index (χ0v) is 15.9. The topological polar surface area (TPSA) is 115 Å². The number of carbonyl (C=O) groups is 2. The highest BCUT2D eigenvalue weighted by Crippen LogP contribution is 2.16. The number of anilines is 2. The summed E-state index contributed by atoms with van der Waals surface area (Å²) >= 11 is 0. The zero-order chi connectivity index (χ0) is 20.8. The second kappa shape index (κ2) is 8.96. The molecule has 8 nitrogen and oxygen atoms in total. The lowest BCUT2D eigenvalue weighted by molar-refractivity contribution is -0.116. The lowest BCUT2D eigenvalue weighted by Gasteiger charge is -2.10. The minimum Gasteiger partial charge on any atom is -0.382 e. The number of nitrogens with zero attached hydrogens (tertiary/aromatic N) is 3. The van der Waals surface area contributed by atoms with E-state index in [1.54, 1.807) is 12.1 Å². The van der Waals surface area contributed by atoms with Gasteiger partial charge in [-0.2, -0.15) is 0 Å². The van der Waals surface area contributed by atoms with Crippen LogP contribution in [-0.2, 0) is 24.3 Å². The van der Waals surface area contributed by atoms with Crippen LogP contribution in [0.3, 0.4) is 0 Å². The summed E-state index contributed by atoms with van der Waals surface area (Å²) in [7, 11) is 0. The van der Waals surface area contributed by atoms with Gasteiger partial charge in [-0.3, -0.25) is 9.59 Å². The predicted molar refractivity (Wildman–Crippen MR) is 106 cm³/mol. The van der Waals surface area contributed by atoms with Crippen molar-refractivity contribution in [2.75, 3.05) is 11.1 Å². The molecule has 0 aliphatic carbocycles. The van der Waals surface area contributed by atoms with Gasteiger partial charge in [-0.15, -0.1) is 5.10 Å². The standard InChI is InChI=1S/C20H21FN6O2/c1-2-14-5-3-4-6-16(14)24-17(28)12-27-19(22)18(25-26-27)20(29)23-11-13-7-9-15(21)10-8-13/h3-10H,2,11-12,22H2,1H3,(H,23,29)(H,24,28). The van der Waals surface area contributed by atoms with Crippen LogP contribution in [0.15, 0.2) is 48.5 Å². The Kier molecular flexibility index (Phi) is 6.18. The Balaban J connectivity index is 1.61. The molecule has 0 fully saturated rings. The highest BCUT2D eigenvalue weighted by molar-refractivity contribution is 5.97. The third-order valence-corrected chi connectivity index (χ3v) is 4.32. The van der Waals surface area contributed by atoms with Crippen LogP contribution in [0, 0.1) is 5.82 Å². The maximum absolute atomic E-state index is 12.9. The van der Waals surface area contributed by atoms with Crippen LogP contribution in [0.2, 0.25) is 0 Å². The fourth-order valence-electron chi connectivity index (χ4n) is 2.74. The summed E-state index contributed by atoms with van der Waals surface area (Å²) in [6, 6.07) is 13.2. The molecule has 1 aromatic heterocycles. The Labute approximate surface area is 166 Å². The number of rotatable bonds is 7. The molecule has 0 saturated heterocycles. The molecule has 0 aliphatic heterocycles. The summed E-state index contributed by atoms with van der Waals surface area (Å²) in [5.41, 5.74) is 8.31. The van der Waals surface area contributed by atoms with Gasteiger partial charge < -0.3 is 16.4 Å². The first-order chi connectivity index (χ1) is 14.0. The number of aryl methyl sites for hydroxylation is 1. The van der Waals surface area contributed by atoms with Crippen molar-refractivity contribution >= 4 is 23.3 Å². The number of hydrogen-bond acceptors (Lipinski definition) is 5. The number of halogens is 1. The molecule has 150 valence electrons. The number of aromatic nitrogens is 3. The van der Waals surface area contributed by atoms with Crippen molar-refractivity contribution in [1.82, 2.24) is 20.3 Å². The molecule has 0 spiro atoms. The number of carbonyl (C=O) groups excluding carboxylic acids is 2. The molecule has 0 bridgehead atoms. The van der Waals surface area contributed by atoms with E-state index in [2.05, 4.69) is 20.9 Å². The molecule has 2 aromatic carbocycles. The van der Waals surface area contributed by atoms with Gasteiger partial charge in [0, 0.05) is 12.2 Å². The summed E-state index contributed by atoms with van der Waals surface area (Å²) in [6.45, 7) is 2.00. The first-order valence-corrected chi connectivity index (χ1v) is 9.07. The average Bonchev–Trinajstić information content (AvgIpc) is 3.08. The van der Waals surface area contributed by atoms with Crippen molar-refractivity contribution in [1.29, 1.82) is 0 Å². The van der Waals surface area contributed by atoms with Gasteiger partial charge in [-0.25, -0.2) is 9.07 Å². The van der Waals surface area contributed by atoms with Gasteiger partial charge >= 0.3 is 0 Å². The molecule has 0 radical (unpaired) electrons. The van der Waals surface area contributed by atoms with Gasteiger partial charge in [0.05, 0.1) is 0 Å². The van der Waals surface area contributed by atoms with E-state index in [1.165, 1.54) is 12.1 Å². The lowest BCUT2D eigenvalue weighted by Crippen LogP contribution is -2.25. The van der Waals surface area contributed by atoms with Gasteiger partial charge in [0.2, 0.25) is 5.91 Å². The van der Waals surface area contributed by atoms with E-state index in [9.17, 15) is 14.0 Å². The number of nitrogens with two attached hydrogens (primary N) is 1. The molecule has 3 aromatic rings. The van der Waals surface area contributed by atoms with E-state index in [-0.39, 0.29) is 36.3 Å². The number of nitrogens with one attached hydrogen (secondary N) is 2. The normalized spacial score (nSPS) is 10.6. The molecule has 3 rings (SSSR count). The molecule has 0 aliphatic rings. The minimum absolute atomic E-state index is 0.0134. The maximum Gasteiger partial charge on any atom is 0.275 e. The van der Waals surface area contributed by atoms with Crippen LogP contribution >= 0.6 is 0 Å². The monoisotopic (exact) mass is 396 g/mol. The van der Waals surface area contributed by atoms with Gasteiger partial charge in [0.25, 0.3) is 5.91 Å². The van der Waals surface area contributed by atoms with Crippen molar-refractivity contribution in [2.45, 2.75) is 26.4 Å². The molecule has 2 amide bonds. The fraction of sp³-hybridized carbons (Fsp3) is 0.200. The Bertz CT molecular complexity index is 1020. The van der Waals surface area contributed by atoms with Gasteiger partial charge in [0.1, 0.15) is 12.4 Å². The highest BCUT2D eigenvalue weighted by Gasteiger charge is 2.19. The van der Waals surface area contributed by atoms with Crippen LogP contribution in [-0.4, -0.2) is 26.8 Å².